The molecule has 0 spiro atoms. The predicted octanol–water partition coefficient (Wildman–Crippen LogP) is 4.91. The second-order valence-corrected chi connectivity index (χ2v) is 8.30. The van der Waals surface area contributed by atoms with Crippen LogP contribution < -0.4 is 14.3 Å². The largest absolute Gasteiger partial charge is 0.497 e. The van der Waals surface area contributed by atoms with Crippen molar-refractivity contribution in [1.29, 1.82) is 0 Å². The van der Waals surface area contributed by atoms with E-state index in [2.05, 4.69) is 11.6 Å². The summed E-state index contributed by atoms with van der Waals surface area (Å²) >= 11 is 3.13. The third-order valence-electron chi connectivity index (χ3n) is 4.14. The molecule has 3 rings (SSSR count). The average molecular weight is 429 g/mol. The lowest BCUT2D eigenvalue weighted by atomic mass is 10.3. The van der Waals surface area contributed by atoms with Crippen molar-refractivity contribution in [2.75, 3.05) is 19.5 Å². The highest BCUT2D eigenvalue weighted by molar-refractivity contribution is 7.99. The Kier molecular flexibility index (Phi) is 7.55. The number of thioether (sulfide) groups is 1. The van der Waals surface area contributed by atoms with Crippen molar-refractivity contribution < 1.29 is 14.3 Å². The molecule has 0 saturated heterocycles. The van der Waals surface area contributed by atoms with Crippen LogP contribution in [-0.4, -0.2) is 29.9 Å². The van der Waals surface area contributed by atoms with Gasteiger partial charge in [-0.15, -0.1) is 18.3 Å². The molecule has 5 nitrogen and oxygen atoms in total. The lowest BCUT2D eigenvalue weighted by Crippen LogP contribution is -2.16. The van der Waals surface area contributed by atoms with E-state index in [1.807, 2.05) is 60.0 Å². The number of ether oxygens (including phenoxy) is 2. The second kappa shape index (κ2) is 10.3. The van der Waals surface area contributed by atoms with Crippen LogP contribution in [0.5, 0.6) is 11.5 Å². The van der Waals surface area contributed by atoms with Crippen molar-refractivity contribution >= 4 is 39.2 Å². The standard InChI is InChI=1S/C22H24N2O3S2/c1-4-13-24-19-11-8-17(27-5-2)15-20(19)29-22(24)23-21(25)12-14-28-18-9-6-16(26-3)7-10-18/h4,6-11,15H,1,5,12-14H2,2-3H3. The Morgan fingerprint density at radius 1 is 1.24 bits per heavy atom. The van der Waals surface area contributed by atoms with Gasteiger partial charge in [-0.1, -0.05) is 17.4 Å². The van der Waals surface area contributed by atoms with Crippen molar-refractivity contribution in [2.45, 2.75) is 24.8 Å². The Labute approximate surface area is 178 Å². The van der Waals surface area contributed by atoms with Crippen LogP contribution in [0.2, 0.25) is 0 Å². The summed E-state index contributed by atoms with van der Waals surface area (Å²) in [5, 5.41) is 0. The van der Waals surface area contributed by atoms with Crippen LogP contribution in [0.25, 0.3) is 10.2 Å². The van der Waals surface area contributed by atoms with Gasteiger partial charge in [0.25, 0.3) is 0 Å². The van der Waals surface area contributed by atoms with Crippen LogP contribution >= 0.6 is 23.1 Å². The van der Waals surface area contributed by atoms with Gasteiger partial charge in [-0.2, -0.15) is 4.99 Å². The van der Waals surface area contributed by atoms with Crippen molar-refractivity contribution in [1.82, 2.24) is 4.57 Å². The third-order valence-corrected chi connectivity index (χ3v) is 6.20. The monoisotopic (exact) mass is 428 g/mol. The molecule has 0 bridgehead atoms. The fourth-order valence-corrected chi connectivity index (χ4v) is 4.72. The van der Waals surface area contributed by atoms with Crippen LogP contribution in [-0.2, 0) is 11.3 Å². The summed E-state index contributed by atoms with van der Waals surface area (Å²) in [5.41, 5.74) is 1.03. The molecule has 2 aromatic carbocycles. The van der Waals surface area contributed by atoms with Crippen LogP contribution in [0.15, 0.2) is 65.0 Å². The maximum absolute atomic E-state index is 12.4. The zero-order chi connectivity index (χ0) is 20.6. The number of allylic oxidation sites excluding steroid dienone is 1. The Morgan fingerprint density at radius 2 is 2.00 bits per heavy atom. The fourth-order valence-electron chi connectivity index (χ4n) is 2.79. The number of hydrogen-bond acceptors (Lipinski definition) is 5. The van der Waals surface area contributed by atoms with E-state index in [1.165, 1.54) is 11.3 Å². The molecule has 1 aromatic heterocycles. The molecular formula is C22H24N2O3S2. The number of aromatic nitrogens is 1. The Balaban J connectivity index is 1.73. The molecule has 152 valence electrons. The number of carbonyl (C=O) groups excluding carboxylic acids is 1. The maximum atomic E-state index is 12.4. The molecule has 0 radical (unpaired) electrons. The minimum absolute atomic E-state index is 0.125. The molecule has 0 saturated carbocycles. The number of fused-ring (bicyclic) bond motifs is 1. The minimum atomic E-state index is -0.125. The number of rotatable bonds is 9. The molecule has 0 fully saturated rings. The van der Waals surface area contributed by atoms with Crippen LogP contribution in [0.4, 0.5) is 0 Å². The third kappa shape index (κ3) is 5.52. The number of benzene rings is 2. The molecule has 7 heteroatoms. The van der Waals surface area contributed by atoms with Gasteiger partial charge in [0.1, 0.15) is 11.5 Å². The number of carbonyl (C=O) groups is 1. The van der Waals surface area contributed by atoms with Gasteiger partial charge >= 0.3 is 0 Å². The van der Waals surface area contributed by atoms with Gasteiger partial charge in [-0.05, 0) is 49.4 Å². The number of nitrogens with zero attached hydrogens (tertiary/aromatic N) is 2. The summed E-state index contributed by atoms with van der Waals surface area (Å²) in [4.78, 5) is 18.6. The number of hydrogen-bond donors (Lipinski definition) is 0. The van der Waals surface area contributed by atoms with Crippen molar-refractivity contribution in [3.63, 3.8) is 0 Å². The molecule has 0 N–H and O–H groups in total. The predicted molar refractivity (Wildman–Crippen MR) is 120 cm³/mol. The normalized spacial score (nSPS) is 11.6. The van der Waals surface area contributed by atoms with E-state index in [0.717, 1.165) is 26.6 Å². The van der Waals surface area contributed by atoms with E-state index >= 15 is 0 Å². The smallest absolute Gasteiger partial charge is 0.249 e. The Bertz CT molecular complexity index is 1050. The van der Waals surface area contributed by atoms with Crippen molar-refractivity contribution in [3.8, 4) is 11.5 Å². The van der Waals surface area contributed by atoms with E-state index in [1.54, 1.807) is 18.9 Å². The minimum Gasteiger partial charge on any atom is -0.497 e. The zero-order valence-electron chi connectivity index (χ0n) is 16.6. The number of amides is 1. The van der Waals surface area contributed by atoms with Gasteiger partial charge in [0.05, 0.1) is 23.9 Å². The SMILES string of the molecule is C=CCn1c(=NC(=O)CCSc2ccc(OC)cc2)sc2cc(OCC)ccc21. The zero-order valence-corrected chi connectivity index (χ0v) is 18.2. The van der Waals surface area contributed by atoms with Gasteiger partial charge in [0.2, 0.25) is 5.91 Å². The maximum Gasteiger partial charge on any atom is 0.249 e. The lowest BCUT2D eigenvalue weighted by molar-refractivity contribution is -0.117. The summed E-state index contributed by atoms with van der Waals surface area (Å²) in [5.74, 6) is 2.20. The number of thiazole rings is 1. The highest BCUT2D eigenvalue weighted by Crippen LogP contribution is 2.24. The second-order valence-electron chi connectivity index (χ2n) is 6.13. The van der Waals surface area contributed by atoms with Crippen LogP contribution in [0.3, 0.4) is 0 Å². The van der Waals surface area contributed by atoms with Gasteiger partial charge in [0.15, 0.2) is 4.80 Å². The Hall–Kier alpha value is -2.51. The van der Waals surface area contributed by atoms with E-state index in [4.69, 9.17) is 9.47 Å². The highest BCUT2D eigenvalue weighted by atomic mass is 32.2. The molecule has 0 unspecified atom stereocenters. The molecule has 0 atom stereocenters. The van der Waals surface area contributed by atoms with Gasteiger partial charge in [0, 0.05) is 23.6 Å². The summed E-state index contributed by atoms with van der Waals surface area (Å²) in [6, 6.07) is 13.8. The van der Waals surface area contributed by atoms with Crippen LogP contribution in [0, 0.1) is 0 Å². The van der Waals surface area contributed by atoms with Gasteiger partial charge in [-0.3, -0.25) is 4.79 Å². The highest BCUT2D eigenvalue weighted by Gasteiger charge is 2.09. The lowest BCUT2D eigenvalue weighted by Gasteiger charge is -2.04. The number of methoxy groups -OCH3 is 1. The molecule has 3 aromatic rings. The molecule has 0 aliphatic carbocycles. The van der Waals surface area contributed by atoms with Crippen molar-refractivity contribution in [3.05, 3.63) is 59.9 Å². The van der Waals surface area contributed by atoms with E-state index < -0.39 is 0 Å². The molecule has 29 heavy (non-hydrogen) atoms. The van der Waals surface area contributed by atoms with Crippen LogP contribution in [0.1, 0.15) is 13.3 Å². The van der Waals surface area contributed by atoms with Crippen molar-refractivity contribution in [2.24, 2.45) is 4.99 Å². The first-order chi connectivity index (χ1) is 14.1. The quantitative estimate of drug-likeness (QED) is 0.359. The average Bonchev–Trinajstić information content (AvgIpc) is 3.05. The summed E-state index contributed by atoms with van der Waals surface area (Å²) in [6.07, 6.45) is 2.19. The first-order valence-corrected chi connectivity index (χ1v) is 11.2. The molecule has 1 amide bonds. The molecule has 0 aliphatic heterocycles. The fraction of sp³-hybridized carbons (Fsp3) is 0.273. The summed E-state index contributed by atoms with van der Waals surface area (Å²) in [7, 11) is 1.65. The first-order valence-electron chi connectivity index (χ1n) is 9.36. The summed E-state index contributed by atoms with van der Waals surface area (Å²) in [6.45, 7) is 7.00. The van der Waals surface area contributed by atoms with Gasteiger partial charge in [-0.25, -0.2) is 0 Å². The van der Waals surface area contributed by atoms with Gasteiger partial charge < -0.3 is 14.0 Å². The van der Waals surface area contributed by atoms with E-state index in [-0.39, 0.29) is 5.91 Å². The summed E-state index contributed by atoms with van der Waals surface area (Å²) < 4.78 is 13.8. The molecule has 0 aliphatic rings. The molecular weight excluding hydrogens is 404 g/mol. The Morgan fingerprint density at radius 3 is 2.69 bits per heavy atom. The topological polar surface area (TPSA) is 52.8 Å². The molecule has 1 heterocycles. The first kappa shape index (κ1) is 21.2. The van der Waals surface area contributed by atoms with E-state index in [0.29, 0.717) is 30.1 Å². The van der Waals surface area contributed by atoms with E-state index in [9.17, 15) is 4.79 Å².